The lowest BCUT2D eigenvalue weighted by atomic mass is 10.0. The van der Waals surface area contributed by atoms with E-state index in [0.717, 1.165) is 10.9 Å². The van der Waals surface area contributed by atoms with E-state index in [1.807, 2.05) is 48.5 Å². The molecule has 0 fully saturated rings. The number of methoxy groups -OCH3 is 2. The van der Waals surface area contributed by atoms with Crippen LogP contribution in [0.25, 0.3) is 22.2 Å². The Balaban J connectivity index is 1.72. The number of amides is 1. The number of carbonyl (C=O) groups excluding carboxylic acids is 2. The van der Waals surface area contributed by atoms with Gasteiger partial charge in [-0.15, -0.1) is 0 Å². The number of benzene rings is 3. The molecule has 31 heavy (non-hydrogen) atoms. The van der Waals surface area contributed by atoms with Gasteiger partial charge in [-0.2, -0.15) is 0 Å². The molecule has 154 valence electrons. The number of esters is 1. The first-order valence-electron chi connectivity index (χ1n) is 9.63. The first kappa shape index (κ1) is 20.1. The van der Waals surface area contributed by atoms with Crippen LogP contribution in [0.3, 0.4) is 0 Å². The standard InChI is InChI=1S/C25H20N2O4/c1-30-19-7-5-6-17(14-19)23-15-21(20-8-3-4-9-22(20)27-23)24(28)26-18-12-10-16(11-13-18)25(29)31-2/h3-15H,1-2H3,(H,26,28). The van der Waals surface area contributed by atoms with E-state index in [1.54, 1.807) is 37.4 Å². The first-order chi connectivity index (χ1) is 15.1. The van der Waals surface area contributed by atoms with Gasteiger partial charge in [0, 0.05) is 16.6 Å². The van der Waals surface area contributed by atoms with Crippen molar-refractivity contribution in [1.29, 1.82) is 0 Å². The summed E-state index contributed by atoms with van der Waals surface area (Å²) in [4.78, 5) is 29.5. The van der Waals surface area contributed by atoms with Crippen molar-refractivity contribution < 1.29 is 19.1 Å². The maximum atomic E-state index is 13.2. The molecule has 1 heterocycles. The van der Waals surface area contributed by atoms with Crippen LogP contribution in [0.2, 0.25) is 0 Å². The Hall–Kier alpha value is -4.19. The molecule has 0 aliphatic carbocycles. The van der Waals surface area contributed by atoms with Gasteiger partial charge in [-0.1, -0.05) is 30.3 Å². The number of rotatable bonds is 5. The molecule has 4 rings (SSSR count). The molecular weight excluding hydrogens is 392 g/mol. The van der Waals surface area contributed by atoms with Gasteiger partial charge < -0.3 is 14.8 Å². The number of pyridine rings is 1. The number of nitrogens with zero attached hydrogens (tertiary/aromatic N) is 1. The number of para-hydroxylation sites is 1. The van der Waals surface area contributed by atoms with Gasteiger partial charge in [-0.05, 0) is 48.5 Å². The Labute approximate surface area is 179 Å². The van der Waals surface area contributed by atoms with Crippen molar-refractivity contribution in [3.8, 4) is 17.0 Å². The molecule has 1 N–H and O–H groups in total. The maximum Gasteiger partial charge on any atom is 0.337 e. The molecule has 0 bridgehead atoms. The number of fused-ring (bicyclic) bond motifs is 1. The van der Waals surface area contributed by atoms with Crippen molar-refractivity contribution in [1.82, 2.24) is 4.98 Å². The largest absolute Gasteiger partial charge is 0.497 e. The van der Waals surface area contributed by atoms with Crippen molar-refractivity contribution >= 4 is 28.5 Å². The summed E-state index contributed by atoms with van der Waals surface area (Å²) in [6.07, 6.45) is 0. The molecule has 6 heteroatoms. The quantitative estimate of drug-likeness (QED) is 0.469. The summed E-state index contributed by atoms with van der Waals surface area (Å²) in [5.41, 5.74) is 3.72. The average Bonchev–Trinajstić information content (AvgIpc) is 2.83. The third kappa shape index (κ3) is 4.23. The molecule has 0 unspecified atom stereocenters. The number of nitrogens with one attached hydrogen (secondary N) is 1. The van der Waals surface area contributed by atoms with Crippen LogP contribution >= 0.6 is 0 Å². The van der Waals surface area contributed by atoms with Gasteiger partial charge in [-0.25, -0.2) is 9.78 Å². The van der Waals surface area contributed by atoms with E-state index in [0.29, 0.717) is 33.8 Å². The van der Waals surface area contributed by atoms with Crippen molar-refractivity contribution in [3.05, 3.63) is 90.0 Å². The van der Waals surface area contributed by atoms with Gasteiger partial charge in [0.15, 0.2) is 0 Å². The topological polar surface area (TPSA) is 77.5 Å². The van der Waals surface area contributed by atoms with E-state index in [9.17, 15) is 9.59 Å². The van der Waals surface area contributed by atoms with Gasteiger partial charge in [0.05, 0.1) is 36.6 Å². The Morgan fingerprint density at radius 1 is 0.871 bits per heavy atom. The molecular formula is C25H20N2O4. The highest BCUT2D eigenvalue weighted by molar-refractivity contribution is 6.13. The SMILES string of the molecule is COC(=O)c1ccc(NC(=O)c2cc(-c3cccc(OC)c3)nc3ccccc23)cc1. The fraction of sp³-hybridized carbons (Fsp3) is 0.0800. The summed E-state index contributed by atoms with van der Waals surface area (Å²) in [5.74, 6) is 0.0126. The highest BCUT2D eigenvalue weighted by atomic mass is 16.5. The number of ether oxygens (including phenoxy) is 2. The van der Waals surface area contributed by atoms with Crippen LogP contribution < -0.4 is 10.1 Å². The smallest absolute Gasteiger partial charge is 0.337 e. The number of carbonyl (C=O) groups is 2. The van der Waals surface area contributed by atoms with Crippen molar-refractivity contribution in [3.63, 3.8) is 0 Å². The van der Waals surface area contributed by atoms with Crippen LogP contribution in [0, 0.1) is 0 Å². The molecule has 6 nitrogen and oxygen atoms in total. The van der Waals surface area contributed by atoms with E-state index >= 15 is 0 Å². The Kier molecular flexibility index (Phi) is 5.62. The summed E-state index contributed by atoms with van der Waals surface area (Å²) in [7, 11) is 2.93. The fourth-order valence-electron chi connectivity index (χ4n) is 3.30. The Morgan fingerprint density at radius 2 is 1.65 bits per heavy atom. The van der Waals surface area contributed by atoms with E-state index in [2.05, 4.69) is 5.32 Å². The summed E-state index contributed by atoms with van der Waals surface area (Å²) in [6, 6.07) is 23.4. The minimum Gasteiger partial charge on any atom is -0.497 e. The zero-order chi connectivity index (χ0) is 21.8. The van der Waals surface area contributed by atoms with Crippen LogP contribution in [0.1, 0.15) is 20.7 Å². The van der Waals surface area contributed by atoms with Gasteiger partial charge >= 0.3 is 5.97 Å². The van der Waals surface area contributed by atoms with Gasteiger partial charge in [0.25, 0.3) is 5.91 Å². The van der Waals surface area contributed by atoms with Crippen LogP contribution in [-0.2, 0) is 4.74 Å². The molecule has 0 aliphatic rings. The highest BCUT2D eigenvalue weighted by Gasteiger charge is 2.15. The molecule has 1 amide bonds. The molecule has 0 atom stereocenters. The van der Waals surface area contributed by atoms with Gasteiger partial charge in [0.1, 0.15) is 5.75 Å². The van der Waals surface area contributed by atoms with E-state index in [1.165, 1.54) is 7.11 Å². The summed E-state index contributed by atoms with van der Waals surface area (Å²) in [6.45, 7) is 0. The predicted octanol–water partition coefficient (Wildman–Crippen LogP) is 4.95. The number of hydrogen-bond acceptors (Lipinski definition) is 5. The monoisotopic (exact) mass is 412 g/mol. The van der Waals surface area contributed by atoms with E-state index in [4.69, 9.17) is 14.5 Å². The van der Waals surface area contributed by atoms with Crippen molar-refractivity contribution in [2.24, 2.45) is 0 Å². The predicted molar refractivity (Wildman–Crippen MR) is 119 cm³/mol. The van der Waals surface area contributed by atoms with E-state index in [-0.39, 0.29) is 5.91 Å². The lowest BCUT2D eigenvalue weighted by molar-refractivity contribution is 0.0600. The second-order valence-electron chi connectivity index (χ2n) is 6.83. The minimum absolute atomic E-state index is 0.270. The molecule has 0 aliphatic heterocycles. The Morgan fingerprint density at radius 3 is 2.39 bits per heavy atom. The fourth-order valence-corrected chi connectivity index (χ4v) is 3.30. The molecule has 0 radical (unpaired) electrons. The number of anilines is 1. The first-order valence-corrected chi connectivity index (χ1v) is 9.63. The second-order valence-corrected chi connectivity index (χ2v) is 6.83. The lowest BCUT2D eigenvalue weighted by Crippen LogP contribution is -2.13. The van der Waals surface area contributed by atoms with Crippen LogP contribution in [0.5, 0.6) is 5.75 Å². The zero-order valence-electron chi connectivity index (χ0n) is 17.1. The van der Waals surface area contributed by atoms with Crippen LogP contribution in [-0.4, -0.2) is 31.1 Å². The highest BCUT2D eigenvalue weighted by Crippen LogP contribution is 2.27. The summed E-state index contributed by atoms with van der Waals surface area (Å²) < 4.78 is 10.0. The van der Waals surface area contributed by atoms with Crippen LogP contribution in [0.15, 0.2) is 78.9 Å². The Bertz CT molecular complexity index is 1270. The van der Waals surface area contributed by atoms with Crippen LogP contribution in [0.4, 0.5) is 5.69 Å². The summed E-state index contributed by atoms with van der Waals surface area (Å²) >= 11 is 0. The normalized spacial score (nSPS) is 10.5. The molecule has 1 aromatic heterocycles. The number of hydrogen-bond donors (Lipinski definition) is 1. The molecule has 3 aromatic carbocycles. The lowest BCUT2D eigenvalue weighted by Gasteiger charge is -2.11. The molecule has 0 saturated carbocycles. The number of aromatic nitrogens is 1. The van der Waals surface area contributed by atoms with Gasteiger partial charge in [0.2, 0.25) is 0 Å². The average molecular weight is 412 g/mol. The molecule has 0 spiro atoms. The minimum atomic E-state index is -0.430. The third-order valence-electron chi connectivity index (χ3n) is 4.89. The molecule has 4 aromatic rings. The van der Waals surface area contributed by atoms with Crippen molar-refractivity contribution in [2.75, 3.05) is 19.5 Å². The van der Waals surface area contributed by atoms with Crippen molar-refractivity contribution in [2.45, 2.75) is 0 Å². The zero-order valence-corrected chi connectivity index (χ0v) is 17.1. The second kappa shape index (κ2) is 8.67. The van der Waals surface area contributed by atoms with Gasteiger partial charge in [-0.3, -0.25) is 4.79 Å². The maximum absolute atomic E-state index is 13.2. The molecule has 0 saturated heterocycles. The summed E-state index contributed by atoms with van der Waals surface area (Å²) in [5, 5.41) is 3.64. The van der Waals surface area contributed by atoms with E-state index < -0.39 is 5.97 Å². The third-order valence-corrected chi connectivity index (χ3v) is 4.89.